The number of nitrogens with one attached hydrogen (secondary N) is 1. The number of aryl methyl sites for hydroxylation is 1. The van der Waals surface area contributed by atoms with Gasteiger partial charge in [-0.05, 0) is 25.5 Å². The van der Waals surface area contributed by atoms with Gasteiger partial charge < -0.3 is 10.1 Å². The molecule has 1 N–H and O–H groups in total. The van der Waals surface area contributed by atoms with Crippen molar-refractivity contribution in [1.82, 2.24) is 15.1 Å². The number of piperidine rings is 1. The van der Waals surface area contributed by atoms with E-state index >= 15 is 0 Å². The number of nitrogens with zero attached hydrogens (tertiary/aromatic N) is 2. The Bertz CT molecular complexity index is 585. The summed E-state index contributed by atoms with van der Waals surface area (Å²) < 4.78 is 7.51. The standard InChI is InChI=1S/C16H21N3O/c1-19-16(12-6-5-9-17-10-12)14(11-18-19)13-7-3-4-8-15(13)20-2/h3-4,7-8,11-12,17H,5-6,9-10H2,1-2H3. The second-order valence-corrected chi connectivity index (χ2v) is 5.31. The number of benzene rings is 1. The molecule has 0 amide bonds. The van der Waals surface area contributed by atoms with Crippen molar-refractivity contribution in [3.63, 3.8) is 0 Å². The number of methoxy groups -OCH3 is 1. The summed E-state index contributed by atoms with van der Waals surface area (Å²) in [5.74, 6) is 1.43. The third-order valence-electron chi connectivity index (χ3n) is 4.07. The molecule has 1 fully saturated rings. The van der Waals surface area contributed by atoms with Crippen molar-refractivity contribution in [3.8, 4) is 16.9 Å². The van der Waals surface area contributed by atoms with Gasteiger partial charge in [0.25, 0.3) is 0 Å². The minimum absolute atomic E-state index is 0.524. The molecule has 0 spiro atoms. The van der Waals surface area contributed by atoms with Crippen LogP contribution in [-0.2, 0) is 7.05 Å². The average Bonchev–Trinajstić information content (AvgIpc) is 2.89. The predicted molar refractivity (Wildman–Crippen MR) is 80.0 cm³/mol. The highest BCUT2D eigenvalue weighted by molar-refractivity contribution is 5.72. The first-order valence-electron chi connectivity index (χ1n) is 7.17. The van der Waals surface area contributed by atoms with E-state index in [4.69, 9.17) is 4.74 Å². The summed E-state index contributed by atoms with van der Waals surface area (Å²) in [6.45, 7) is 2.15. The number of hydrogen-bond acceptors (Lipinski definition) is 3. The molecule has 2 aromatic rings. The monoisotopic (exact) mass is 271 g/mol. The lowest BCUT2D eigenvalue weighted by Gasteiger charge is -2.24. The molecule has 1 unspecified atom stereocenters. The molecule has 1 atom stereocenters. The van der Waals surface area contributed by atoms with Gasteiger partial charge in [0.05, 0.1) is 19.0 Å². The van der Waals surface area contributed by atoms with Crippen LogP contribution in [0, 0.1) is 0 Å². The summed E-state index contributed by atoms with van der Waals surface area (Å²) in [6, 6.07) is 8.16. The van der Waals surface area contributed by atoms with E-state index in [2.05, 4.69) is 16.5 Å². The van der Waals surface area contributed by atoms with Crippen LogP contribution in [0.15, 0.2) is 30.5 Å². The molecule has 106 valence electrons. The molecule has 0 aliphatic carbocycles. The van der Waals surface area contributed by atoms with E-state index in [9.17, 15) is 0 Å². The zero-order valence-corrected chi connectivity index (χ0v) is 12.1. The lowest BCUT2D eigenvalue weighted by Crippen LogP contribution is -2.29. The van der Waals surface area contributed by atoms with E-state index in [1.54, 1.807) is 7.11 Å². The lowest BCUT2D eigenvalue weighted by molar-refractivity contribution is 0.416. The molecule has 0 saturated carbocycles. The normalized spacial score (nSPS) is 19.0. The Labute approximate surface area is 119 Å². The van der Waals surface area contributed by atoms with Gasteiger partial charge in [0.1, 0.15) is 5.75 Å². The predicted octanol–water partition coefficient (Wildman–Crippen LogP) is 2.56. The maximum Gasteiger partial charge on any atom is 0.126 e. The number of hydrogen-bond donors (Lipinski definition) is 1. The molecule has 1 saturated heterocycles. The summed E-state index contributed by atoms with van der Waals surface area (Å²) in [4.78, 5) is 0. The third kappa shape index (κ3) is 2.31. The van der Waals surface area contributed by atoms with Gasteiger partial charge in [-0.1, -0.05) is 18.2 Å². The largest absolute Gasteiger partial charge is 0.496 e. The SMILES string of the molecule is COc1ccccc1-c1cnn(C)c1C1CCCNC1. The second-order valence-electron chi connectivity index (χ2n) is 5.31. The molecule has 1 aliphatic rings. The Balaban J connectivity index is 2.05. The second kappa shape index (κ2) is 5.67. The fourth-order valence-corrected chi connectivity index (χ4v) is 3.09. The Hall–Kier alpha value is -1.81. The Morgan fingerprint density at radius 2 is 2.15 bits per heavy atom. The van der Waals surface area contributed by atoms with Crippen molar-refractivity contribution in [2.24, 2.45) is 7.05 Å². The fraction of sp³-hybridized carbons (Fsp3) is 0.438. The van der Waals surface area contributed by atoms with E-state index in [-0.39, 0.29) is 0 Å². The van der Waals surface area contributed by atoms with Crippen molar-refractivity contribution in [3.05, 3.63) is 36.2 Å². The molecule has 2 heterocycles. The lowest BCUT2D eigenvalue weighted by atomic mass is 9.91. The number of para-hydroxylation sites is 1. The van der Waals surface area contributed by atoms with Crippen molar-refractivity contribution in [1.29, 1.82) is 0 Å². The number of rotatable bonds is 3. The van der Waals surface area contributed by atoms with Gasteiger partial charge in [-0.25, -0.2) is 0 Å². The van der Waals surface area contributed by atoms with Gasteiger partial charge in [0, 0.05) is 30.6 Å². The first-order chi connectivity index (χ1) is 9.81. The van der Waals surface area contributed by atoms with Gasteiger partial charge in [-0.3, -0.25) is 4.68 Å². The molecule has 3 rings (SSSR count). The van der Waals surface area contributed by atoms with Gasteiger partial charge in [-0.2, -0.15) is 5.10 Å². The zero-order valence-electron chi connectivity index (χ0n) is 12.1. The third-order valence-corrected chi connectivity index (χ3v) is 4.07. The quantitative estimate of drug-likeness (QED) is 0.932. The van der Waals surface area contributed by atoms with Crippen LogP contribution in [0.1, 0.15) is 24.5 Å². The molecular formula is C16H21N3O. The molecule has 0 bridgehead atoms. The smallest absolute Gasteiger partial charge is 0.126 e. The van der Waals surface area contributed by atoms with E-state index in [1.165, 1.54) is 24.1 Å². The van der Waals surface area contributed by atoms with E-state index in [0.717, 1.165) is 24.4 Å². The van der Waals surface area contributed by atoms with Crippen LogP contribution in [0.25, 0.3) is 11.1 Å². The van der Waals surface area contributed by atoms with Crippen LogP contribution in [-0.4, -0.2) is 30.0 Å². The molecule has 1 aromatic carbocycles. The molecule has 20 heavy (non-hydrogen) atoms. The van der Waals surface area contributed by atoms with Gasteiger partial charge in [0.2, 0.25) is 0 Å². The summed E-state index contributed by atoms with van der Waals surface area (Å²) in [5.41, 5.74) is 3.63. The Kier molecular flexibility index (Phi) is 3.74. The van der Waals surface area contributed by atoms with E-state index < -0.39 is 0 Å². The average molecular weight is 271 g/mol. The van der Waals surface area contributed by atoms with Crippen LogP contribution in [0.3, 0.4) is 0 Å². The highest BCUT2D eigenvalue weighted by Gasteiger charge is 2.23. The van der Waals surface area contributed by atoms with Crippen molar-refractivity contribution < 1.29 is 4.74 Å². The number of aromatic nitrogens is 2. The Morgan fingerprint density at radius 1 is 1.30 bits per heavy atom. The maximum absolute atomic E-state index is 5.50. The van der Waals surface area contributed by atoms with Crippen molar-refractivity contribution in [2.75, 3.05) is 20.2 Å². The highest BCUT2D eigenvalue weighted by atomic mass is 16.5. The van der Waals surface area contributed by atoms with Crippen LogP contribution in [0.4, 0.5) is 0 Å². The molecule has 1 aromatic heterocycles. The summed E-state index contributed by atoms with van der Waals surface area (Å²) >= 11 is 0. The minimum Gasteiger partial charge on any atom is -0.496 e. The molecule has 4 heteroatoms. The molecular weight excluding hydrogens is 250 g/mol. The topological polar surface area (TPSA) is 39.1 Å². The van der Waals surface area contributed by atoms with Gasteiger partial charge in [0.15, 0.2) is 0 Å². The van der Waals surface area contributed by atoms with Crippen LogP contribution in [0.5, 0.6) is 5.75 Å². The van der Waals surface area contributed by atoms with Gasteiger partial charge in [-0.15, -0.1) is 0 Å². The molecule has 4 nitrogen and oxygen atoms in total. The molecule has 1 aliphatic heterocycles. The zero-order chi connectivity index (χ0) is 13.9. The van der Waals surface area contributed by atoms with Crippen LogP contribution < -0.4 is 10.1 Å². The number of ether oxygens (including phenoxy) is 1. The van der Waals surface area contributed by atoms with Crippen LogP contribution >= 0.6 is 0 Å². The van der Waals surface area contributed by atoms with Crippen LogP contribution in [0.2, 0.25) is 0 Å². The highest BCUT2D eigenvalue weighted by Crippen LogP contribution is 2.36. The minimum atomic E-state index is 0.524. The summed E-state index contributed by atoms with van der Waals surface area (Å²) in [6.07, 6.45) is 4.40. The van der Waals surface area contributed by atoms with Crippen molar-refractivity contribution in [2.45, 2.75) is 18.8 Å². The first-order valence-corrected chi connectivity index (χ1v) is 7.17. The molecule has 0 radical (unpaired) electrons. The van der Waals surface area contributed by atoms with Crippen molar-refractivity contribution >= 4 is 0 Å². The van der Waals surface area contributed by atoms with E-state index in [0.29, 0.717) is 5.92 Å². The van der Waals surface area contributed by atoms with E-state index in [1.807, 2.05) is 36.1 Å². The van der Waals surface area contributed by atoms with Gasteiger partial charge >= 0.3 is 0 Å². The fourth-order valence-electron chi connectivity index (χ4n) is 3.09. The maximum atomic E-state index is 5.50. The first kappa shape index (κ1) is 13.2. The summed E-state index contributed by atoms with van der Waals surface area (Å²) in [7, 11) is 3.75. The summed E-state index contributed by atoms with van der Waals surface area (Å²) in [5, 5.41) is 7.96. The Morgan fingerprint density at radius 3 is 2.90 bits per heavy atom.